The van der Waals surface area contributed by atoms with Crippen molar-refractivity contribution in [3.63, 3.8) is 0 Å². The van der Waals surface area contributed by atoms with Gasteiger partial charge in [-0.25, -0.2) is 4.98 Å². The molecule has 3 nitrogen and oxygen atoms in total. The van der Waals surface area contributed by atoms with Gasteiger partial charge in [-0.05, 0) is 48.4 Å². The fourth-order valence-corrected chi connectivity index (χ4v) is 3.88. The Morgan fingerprint density at radius 2 is 1.67 bits per heavy atom. The number of allylic oxidation sites excluding steroid dienone is 1. The third-order valence-electron chi connectivity index (χ3n) is 5.02. The van der Waals surface area contributed by atoms with Crippen molar-refractivity contribution in [1.82, 2.24) is 9.55 Å². The van der Waals surface area contributed by atoms with Gasteiger partial charge in [0.15, 0.2) is 0 Å². The zero-order valence-corrected chi connectivity index (χ0v) is 16.4. The van der Waals surface area contributed by atoms with E-state index in [2.05, 4.69) is 106 Å². The number of aryl methyl sites for hydroxylation is 1. The topological polar surface area (TPSA) is 29.9 Å². The van der Waals surface area contributed by atoms with Crippen LogP contribution in [0.2, 0.25) is 0 Å². The zero-order chi connectivity index (χ0) is 18.4. The molecule has 27 heavy (non-hydrogen) atoms. The second kappa shape index (κ2) is 6.39. The average Bonchev–Trinajstić information content (AvgIpc) is 3.07. The summed E-state index contributed by atoms with van der Waals surface area (Å²) in [6.45, 7) is 2.12. The highest BCUT2D eigenvalue weighted by Crippen LogP contribution is 2.37. The fraction of sp³-hybridized carbons (Fsp3) is 0.0870. The number of imidazole rings is 1. The molecule has 1 atom stereocenters. The highest BCUT2D eigenvalue weighted by Gasteiger charge is 2.25. The third-order valence-corrected chi connectivity index (χ3v) is 5.55. The van der Waals surface area contributed by atoms with Crippen LogP contribution in [0.25, 0.3) is 16.7 Å². The molecular weight excluding hydrogens is 398 g/mol. The highest BCUT2D eigenvalue weighted by molar-refractivity contribution is 9.10. The van der Waals surface area contributed by atoms with Gasteiger partial charge >= 0.3 is 0 Å². The van der Waals surface area contributed by atoms with E-state index in [0.717, 1.165) is 32.7 Å². The summed E-state index contributed by atoms with van der Waals surface area (Å²) >= 11 is 3.52. The summed E-state index contributed by atoms with van der Waals surface area (Å²) in [4.78, 5) is 4.84. The molecule has 2 heterocycles. The Morgan fingerprint density at radius 1 is 0.926 bits per heavy atom. The molecule has 0 amide bonds. The van der Waals surface area contributed by atoms with E-state index in [1.54, 1.807) is 0 Å². The number of halogens is 1. The molecule has 1 aliphatic heterocycles. The van der Waals surface area contributed by atoms with E-state index in [1.165, 1.54) is 11.1 Å². The Kier molecular flexibility index (Phi) is 3.87. The molecule has 132 valence electrons. The van der Waals surface area contributed by atoms with Crippen molar-refractivity contribution in [3.8, 4) is 0 Å². The molecule has 0 saturated carbocycles. The number of nitrogens with zero attached hydrogens (tertiary/aromatic N) is 2. The molecule has 0 spiro atoms. The van der Waals surface area contributed by atoms with Gasteiger partial charge in [-0.1, -0.05) is 70.0 Å². The van der Waals surface area contributed by atoms with Crippen LogP contribution in [0.4, 0.5) is 5.95 Å². The molecular formula is C23H18BrN3. The third kappa shape index (κ3) is 2.86. The first-order chi connectivity index (χ1) is 13.2. The minimum atomic E-state index is 0.0906. The van der Waals surface area contributed by atoms with E-state index in [4.69, 9.17) is 4.98 Å². The molecule has 3 aromatic carbocycles. The summed E-state index contributed by atoms with van der Waals surface area (Å²) in [6.07, 6.45) is 2.29. The van der Waals surface area contributed by atoms with Crippen molar-refractivity contribution in [2.45, 2.75) is 13.0 Å². The van der Waals surface area contributed by atoms with Crippen LogP contribution in [-0.2, 0) is 0 Å². The van der Waals surface area contributed by atoms with E-state index in [0.29, 0.717) is 0 Å². The van der Waals surface area contributed by atoms with Crippen LogP contribution in [0.15, 0.2) is 83.3 Å². The van der Waals surface area contributed by atoms with Crippen LogP contribution in [0.1, 0.15) is 22.7 Å². The molecule has 0 aliphatic carbocycles. The molecule has 1 aromatic heterocycles. The van der Waals surface area contributed by atoms with Crippen LogP contribution in [-0.4, -0.2) is 9.55 Å². The van der Waals surface area contributed by atoms with Crippen molar-refractivity contribution in [3.05, 3.63) is 100 Å². The molecule has 4 aromatic rings. The lowest BCUT2D eigenvalue weighted by molar-refractivity contribution is 0.720. The second-order valence-electron chi connectivity index (χ2n) is 6.86. The van der Waals surface area contributed by atoms with Gasteiger partial charge in [0.1, 0.15) is 0 Å². The Bertz CT molecular complexity index is 1150. The molecule has 0 fully saturated rings. The molecule has 4 heteroatoms. The first-order valence-corrected chi connectivity index (χ1v) is 9.77. The van der Waals surface area contributed by atoms with Gasteiger partial charge < -0.3 is 5.32 Å². The quantitative estimate of drug-likeness (QED) is 0.424. The largest absolute Gasteiger partial charge is 0.325 e. The normalized spacial score (nSPS) is 15.9. The number of aromatic nitrogens is 2. The first-order valence-electron chi connectivity index (χ1n) is 8.97. The minimum Gasteiger partial charge on any atom is -0.325 e. The number of hydrogen-bond acceptors (Lipinski definition) is 2. The van der Waals surface area contributed by atoms with Crippen molar-refractivity contribution in [1.29, 1.82) is 0 Å². The monoisotopic (exact) mass is 415 g/mol. The summed E-state index contributed by atoms with van der Waals surface area (Å²) in [6, 6.07) is 25.5. The van der Waals surface area contributed by atoms with Crippen LogP contribution < -0.4 is 5.32 Å². The molecule has 1 aliphatic rings. The Balaban J connectivity index is 1.71. The maximum atomic E-state index is 4.84. The predicted octanol–water partition coefficient (Wildman–Crippen LogP) is 6.16. The van der Waals surface area contributed by atoms with Gasteiger partial charge in [-0.2, -0.15) is 0 Å². The van der Waals surface area contributed by atoms with Gasteiger partial charge in [0.2, 0.25) is 5.95 Å². The number of rotatable bonds is 2. The van der Waals surface area contributed by atoms with E-state index in [9.17, 15) is 0 Å². The van der Waals surface area contributed by atoms with Crippen molar-refractivity contribution in [2.75, 3.05) is 5.32 Å². The highest BCUT2D eigenvalue weighted by atomic mass is 79.9. The second-order valence-corrected chi connectivity index (χ2v) is 7.78. The van der Waals surface area contributed by atoms with Gasteiger partial charge in [0, 0.05) is 10.2 Å². The van der Waals surface area contributed by atoms with E-state index < -0.39 is 0 Å². The van der Waals surface area contributed by atoms with E-state index >= 15 is 0 Å². The SMILES string of the molecule is Cc1ccc([C@H]2C=C(c3ccc(Br)cc3)Nc3nc4ccccc4n32)cc1. The standard InChI is InChI=1S/C23H18BrN3/c1-15-6-8-17(9-7-15)22-14-20(16-10-12-18(24)13-11-16)26-23-25-19-4-2-3-5-21(19)27(22)23/h2-14,22H,1H3,(H,25,26)/t22-/m1/s1. The van der Waals surface area contributed by atoms with Gasteiger partial charge in [0.05, 0.1) is 17.1 Å². The van der Waals surface area contributed by atoms with Crippen molar-refractivity contribution in [2.24, 2.45) is 0 Å². The Morgan fingerprint density at radius 3 is 2.44 bits per heavy atom. The molecule has 1 N–H and O–H groups in total. The van der Waals surface area contributed by atoms with Crippen LogP contribution in [0, 0.1) is 6.92 Å². The van der Waals surface area contributed by atoms with Gasteiger partial charge in [-0.15, -0.1) is 0 Å². The Labute approximate surface area is 166 Å². The molecule has 0 saturated heterocycles. The Hall–Kier alpha value is -2.85. The predicted molar refractivity (Wildman–Crippen MR) is 115 cm³/mol. The van der Waals surface area contributed by atoms with Gasteiger partial charge in [0.25, 0.3) is 0 Å². The summed E-state index contributed by atoms with van der Waals surface area (Å²) < 4.78 is 3.35. The van der Waals surface area contributed by atoms with E-state index in [1.807, 2.05) is 6.07 Å². The number of para-hydroxylation sites is 2. The number of hydrogen-bond donors (Lipinski definition) is 1. The smallest absolute Gasteiger partial charge is 0.209 e. The lowest BCUT2D eigenvalue weighted by Crippen LogP contribution is -2.19. The molecule has 0 bridgehead atoms. The minimum absolute atomic E-state index is 0.0906. The summed E-state index contributed by atoms with van der Waals surface area (Å²) in [5.41, 5.74) is 6.88. The maximum Gasteiger partial charge on any atom is 0.209 e. The van der Waals surface area contributed by atoms with Gasteiger partial charge in [-0.3, -0.25) is 4.57 Å². The van der Waals surface area contributed by atoms with E-state index in [-0.39, 0.29) is 6.04 Å². The molecule has 0 unspecified atom stereocenters. The van der Waals surface area contributed by atoms with Crippen LogP contribution >= 0.6 is 15.9 Å². The summed E-state index contributed by atoms with van der Waals surface area (Å²) in [7, 11) is 0. The first kappa shape index (κ1) is 16.3. The fourth-order valence-electron chi connectivity index (χ4n) is 3.62. The zero-order valence-electron chi connectivity index (χ0n) is 14.9. The molecule has 5 rings (SSSR count). The number of fused-ring (bicyclic) bond motifs is 3. The summed E-state index contributed by atoms with van der Waals surface area (Å²) in [5.74, 6) is 0.877. The van der Waals surface area contributed by atoms with Crippen molar-refractivity contribution < 1.29 is 0 Å². The number of benzene rings is 3. The molecule has 0 radical (unpaired) electrons. The maximum absolute atomic E-state index is 4.84. The lowest BCUT2D eigenvalue weighted by atomic mass is 10.00. The lowest BCUT2D eigenvalue weighted by Gasteiger charge is -2.26. The average molecular weight is 416 g/mol. The van der Waals surface area contributed by atoms with Crippen LogP contribution in [0.3, 0.4) is 0 Å². The van der Waals surface area contributed by atoms with Crippen molar-refractivity contribution >= 4 is 38.6 Å². The number of anilines is 1. The summed E-state index contributed by atoms with van der Waals surface area (Å²) in [5, 5.41) is 3.53. The van der Waals surface area contributed by atoms with Crippen LogP contribution in [0.5, 0.6) is 0 Å². The number of nitrogens with one attached hydrogen (secondary N) is 1.